The highest BCUT2D eigenvalue weighted by Crippen LogP contribution is 2.26. The second-order valence-electron chi connectivity index (χ2n) is 6.32. The first-order valence-electron chi connectivity index (χ1n) is 8.33. The SMILES string of the molecule is O=C(NCC1CN(c2cc3c(nn2)CCCC3)C1)Nc1nccs1. The topological polar surface area (TPSA) is 83.0 Å². The van der Waals surface area contributed by atoms with Crippen molar-refractivity contribution in [2.45, 2.75) is 25.7 Å². The fourth-order valence-corrected chi connectivity index (χ4v) is 3.71. The molecule has 0 saturated carbocycles. The zero-order valence-corrected chi connectivity index (χ0v) is 14.2. The number of hydrogen-bond donors (Lipinski definition) is 2. The number of aromatic nitrogens is 3. The molecule has 3 heterocycles. The minimum Gasteiger partial charge on any atom is -0.354 e. The second kappa shape index (κ2) is 6.72. The normalized spacial score (nSPS) is 17.1. The molecule has 1 saturated heterocycles. The van der Waals surface area contributed by atoms with Gasteiger partial charge in [0.25, 0.3) is 0 Å². The van der Waals surface area contributed by atoms with E-state index in [0.29, 0.717) is 17.6 Å². The van der Waals surface area contributed by atoms with E-state index in [1.165, 1.54) is 35.4 Å². The molecular formula is C16H20N6OS. The first kappa shape index (κ1) is 15.3. The summed E-state index contributed by atoms with van der Waals surface area (Å²) in [5.74, 6) is 1.42. The Morgan fingerprint density at radius 1 is 1.29 bits per heavy atom. The van der Waals surface area contributed by atoms with Crippen LogP contribution in [0.15, 0.2) is 17.6 Å². The van der Waals surface area contributed by atoms with Crippen LogP contribution in [-0.2, 0) is 12.8 Å². The Morgan fingerprint density at radius 2 is 2.17 bits per heavy atom. The minimum absolute atomic E-state index is 0.197. The monoisotopic (exact) mass is 344 g/mol. The smallest absolute Gasteiger partial charge is 0.321 e. The summed E-state index contributed by atoms with van der Waals surface area (Å²) in [6.45, 7) is 2.47. The minimum atomic E-state index is -0.197. The van der Waals surface area contributed by atoms with Crippen molar-refractivity contribution in [3.63, 3.8) is 0 Å². The van der Waals surface area contributed by atoms with Crippen LogP contribution in [0.3, 0.4) is 0 Å². The molecule has 0 bridgehead atoms. The van der Waals surface area contributed by atoms with Crippen LogP contribution in [0.1, 0.15) is 24.1 Å². The summed E-state index contributed by atoms with van der Waals surface area (Å²) in [7, 11) is 0. The third-order valence-corrected chi connectivity index (χ3v) is 5.23. The lowest BCUT2D eigenvalue weighted by molar-refractivity contribution is 0.248. The van der Waals surface area contributed by atoms with E-state index < -0.39 is 0 Å². The number of carbonyl (C=O) groups excluding carboxylic acids is 1. The average Bonchev–Trinajstić information content (AvgIpc) is 3.06. The van der Waals surface area contributed by atoms with Crippen LogP contribution in [0.4, 0.5) is 15.7 Å². The standard InChI is InChI=1S/C16H20N6OS/c23-15(19-16-17-5-6-24-16)18-8-11-9-22(10-11)14-7-12-3-1-2-4-13(12)20-21-14/h5-7,11H,1-4,8-10H2,(H2,17,18,19,23). The Labute approximate surface area is 144 Å². The first-order valence-corrected chi connectivity index (χ1v) is 9.20. The van der Waals surface area contributed by atoms with E-state index in [2.05, 4.69) is 36.8 Å². The van der Waals surface area contributed by atoms with Crippen LogP contribution in [0.2, 0.25) is 0 Å². The molecule has 24 heavy (non-hydrogen) atoms. The highest BCUT2D eigenvalue weighted by Gasteiger charge is 2.29. The van der Waals surface area contributed by atoms with Gasteiger partial charge in [-0.2, -0.15) is 5.10 Å². The summed E-state index contributed by atoms with van der Waals surface area (Å²) in [5, 5.41) is 16.8. The fraction of sp³-hybridized carbons (Fsp3) is 0.500. The van der Waals surface area contributed by atoms with Gasteiger partial charge < -0.3 is 10.2 Å². The largest absolute Gasteiger partial charge is 0.354 e. The van der Waals surface area contributed by atoms with Crippen molar-refractivity contribution in [3.05, 3.63) is 28.9 Å². The highest BCUT2D eigenvalue weighted by molar-refractivity contribution is 7.13. The highest BCUT2D eigenvalue weighted by atomic mass is 32.1. The first-order chi connectivity index (χ1) is 11.8. The maximum absolute atomic E-state index is 11.8. The molecule has 2 amide bonds. The molecule has 2 aromatic heterocycles. The molecule has 126 valence electrons. The predicted molar refractivity (Wildman–Crippen MR) is 93.5 cm³/mol. The van der Waals surface area contributed by atoms with E-state index in [1.54, 1.807) is 6.20 Å². The third-order valence-electron chi connectivity index (χ3n) is 4.54. The summed E-state index contributed by atoms with van der Waals surface area (Å²) in [6.07, 6.45) is 6.32. The van der Waals surface area contributed by atoms with Gasteiger partial charge in [-0.1, -0.05) is 0 Å². The Balaban J connectivity index is 1.24. The third kappa shape index (κ3) is 3.33. The Hall–Kier alpha value is -2.22. The number of carbonyl (C=O) groups is 1. The number of amides is 2. The van der Waals surface area contributed by atoms with Gasteiger partial charge in [0, 0.05) is 37.1 Å². The van der Waals surface area contributed by atoms with Gasteiger partial charge in [0.2, 0.25) is 0 Å². The molecule has 2 aliphatic rings. The summed E-state index contributed by atoms with van der Waals surface area (Å²) in [5.41, 5.74) is 2.53. The van der Waals surface area contributed by atoms with Crippen LogP contribution in [0, 0.1) is 5.92 Å². The molecule has 0 unspecified atom stereocenters. The summed E-state index contributed by atoms with van der Waals surface area (Å²) >= 11 is 1.41. The fourth-order valence-electron chi connectivity index (χ4n) is 3.18. The predicted octanol–water partition coefficient (Wildman–Crippen LogP) is 2.07. The van der Waals surface area contributed by atoms with Crippen LogP contribution in [0.25, 0.3) is 0 Å². The lowest BCUT2D eigenvalue weighted by atomic mass is 9.95. The van der Waals surface area contributed by atoms with Crippen molar-refractivity contribution >= 4 is 28.3 Å². The van der Waals surface area contributed by atoms with Gasteiger partial charge in [0.05, 0.1) is 5.69 Å². The van der Waals surface area contributed by atoms with Gasteiger partial charge in [-0.3, -0.25) is 5.32 Å². The zero-order valence-electron chi connectivity index (χ0n) is 13.4. The quantitative estimate of drug-likeness (QED) is 0.887. The molecule has 2 N–H and O–H groups in total. The van der Waals surface area contributed by atoms with Crippen LogP contribution >= 0.6 is 11.3 Å². The molecule has 1 fully saturated rings. The zero-order chi connectivity index (χ0) is 16.4. The molecule has 0 aromatic carbocycles. The number of hydrogen-bond acceptors (Lipinski definition) is 6. The van der Waals surface area contributed by atoms with E-state index in [1.807, 2.05) is 5.38 Å². The molecule has 0 spiro atoms. The van der Waals surface area contributed by atoms with Gasteiger partial charge in [-0.15, -0.1) is 16.4 Å². The number of nitrogens with one attached hydrogen (secondary N) is 2. The number of urea groups is 1. The van der Waals surface area contributed by atoms with Crippen LogP contribution in [-0.4, -0.2) is 40.8 Å². The van der Waals surface area contributed by atoms with Crippen molar-refractivity contribution in [2.24, 2.45) is 5.92 Å². The molecule has 7 nitrogen and oxygen atoms in total. The molecule has 2 aromatic rings. The van der Waals surface area contributed by atoms with Gasteiger partial charge in [0.1, 0.15) is 0 Å². The van der Waals surface area contributed by atoms with Crippen LogP contribution in [0.5, 0.6) is 0 Å². The van der Waals surface area contributed by atoms with Crippen molar-refractivity contribution in [1.82, 2.24) is 20.5 Å². The molecule has 1 aliphatic carbocycles. The lowest BCUT2D eigenvalue weighted by Crippen LogP contribution is -2.52. The number of thiazole rings is 1. The molecule has 1 aliphatic heterocycles. The second-order valence-corrected chi connectivity index (χ2v) is 7.22. The number of rotatable bonds is 4. The molecule has 0 atom stereocenters. The van der Waals surface area contributed by atoms with Crippen LogP contribution < -0.4 is 15.5 Å². The molecule has 4 rings (SSSR count). The van der Waals surface area contributed by atoms with E-state index in [0.717, 1.165) is 31.7 Å². The Kier molecular flexibility index (Phi) is 4.29. The Morgan fingerprint density at radius 3 is 3.00 bits per heavy atom. The van der Waals surface area contributed by atoms with Gasteiger partial charge in [0.15, 0.2) is 10.9 Å². The van der Waals surface area contributed by atoms with Gasteiger partial charge >= 0.3 is 6.03 Å². The van der Waals surface area contributed by atoms with Crippen molar-refractivity contribution in [3.8, 4) is 0 Å². The number of aryl methyl sites for hydroxylation is 2. The molecule has 0 radical (unpaired) electrons. The van der Waals surface area contributed by atoms with E-state index in [9.17, 15) is 4.79 Å². The Bertz CT molecular complexity index is 713. The number of fused-ring (bicyclic) bond motifs is 1. The summed E-state index contributed by atoms with van der Waals surface area (Å²) in [4.78, 5) is 18.0. The molecule has 8 heteroatoms. The maximum atomic E-state index is 11.8. The van der Waals surface area contributed by atoms with E-state index in [4.69, 9.17) is 0 Å². The van der Waals surface area contributed by atoms with Gasteiger partial charge in [-0.25, -0.2) is 9.78 Å². The lowest BCUT2D eigenvalue weighted by Gasteiger charge is -2.40. The maximum Gasteiger partial charge on any atom is 0.321 e. The van der Waals surface area contributed by atoms with E-state index >= 15 is 0 Å². The summed E-state index contributed by atoms with van der Waals surface area (Å²) in [6, 6.07) is 2.00. The van der Waals surface area contributed by atoms with Gasteiger partial charge in [-0.05, 0) is 37.3 Å². The van der Waals surface area contributed by atoms with Crippen molar-refractivity contribution in [2.75, 3.05) is 29.9 Å². The summed E-state index contributed by atoms with van der Waals surface area (Å²) < 4.78 is 0. The van der Waals surface area contributed by atoms with Crippen molar-refractivity contribution < 1.29 is 4.79 Å². The number of nitrogens with zero attached hydrogens (tertiary/aromatic N) is 4. The molecular weight excluding hydrogens is 324 g/mol. The number of anilines is 2. The van der Waals surface area contributed by atoms with Crippen molar-refractivity contribution in [1.29, 1.82) is 0 Å². The van der Waals surface area contributed by atoms with E-state index in [-0.39, 0.29) is 6.03 Å². The average molecular weight is 344 g/mol.